The number of urea groups is 1. The fraction of sp³-hybridized carbons (Fsp3) is 0.296. The Balaban J connectivity index is 1.29. The van der Waals surface area contributed by atoms with Gasteiger partial charge in [-0.05, 0) is 28.8 Å². The molecule has 2 fully saturated rings. The molecule has 7 nitrogen and oxygen atoms in total. The highest BCUT2D eigenvalue weighted by atomic mass is 16.2. The van der Waals surface area contributed by atoms with Crippen LogP contribution in [-0.4, -0.2) is 64.5 Å². The highest BCUT2D eigenvalue weighted by Gasteiger charge is 2.52. The second-order valence-corrected chi connectivity index (χ2v) is 8.99. The third kappa shape index (κ3) is 4.58. The molecule has 3 heterocycles. The molecule has 2 aliphatic rings. The van der Waals surface area contributed by atoms with Crippen LogP contribution in [-0.2, 0) is 23.3 Å². The zero-order valence-electron chi connectivity index (χ0n) is 19.1. The van der Waals surface area contributed by atoms with Gasteiger partial charge in [-0.25, -0.2) is 9.69 Å². The summed E-state index contributed by atoms with van der Waals surface area (Å²) in [6, 6.07) is 23.2. The number of nitrogens with zero attached hydrogens (tertiary/aromatic N) is 4. The van der Waals surface area contributed by atoms with Gasteiger partial charge in [0.05, 0.1) is 6.67 Å². The van der Waals surface area contributed by atoms with Gasteiger partial charge < -0.3 is 5.32 Å². The number of nitrogens with one attached hydrogen (secondary N) is 1. The van der Waals surface area contributed by atoms with Crippen molar-refractivity contribution in [2.75, 3.05) is 32.8 Å². The van der Waals surface area contributed by atoms with Gasteiger partial charge in [0.2, 0.25) is 0 Å². The van der Waals surface area contributed by atoms with Crippen LogP contribution in [0, 0.1) is 0 Å². The number of imide groups is 1. The van der Waals surface area contributed by atoms with Crippen LogP contribution in [0.4, 0.5) is 4.79 Å². The SMILES string of the molecule is O=C1N[C@@](Cc2ccccc2)(c2ccccc2)C(=O)N1CN1CCN(Cc2ccncc2)CC1. The molecule has 174 valence electrons. The fourth-order valence-corrected chi connectivity index (χ4v) is 4.83. The Morgan fingerprint density at radius 1 is 0.765 bits per heavy atom. The second-order valence-electron chi connectivity index (χ2n) is 8.99. The van der Waals surface area contributed by atoms with Crippen LogP contribution in [0.3, 0.4) is 0 Å². The molecular weight excluding hydrogens is 426 g/mol. The Hall–Kier alpha value is -3.55. The molecule has 2 aliphatic heterocycles. The van der Waals surface area contributed by atoms with Gasteiger partial charge >= 0.3 is 6.03 Å². The number of carbonyl (C=O) groups excluding carboxylic acids is 2. The quantitative estimate of drug-likeness (QED) is 0.555. The van der Waals surface area contributed by atoms with Crippen molar-refractivity contribution in [3.63, 3.8) is 0 Å². The van der Waals surface area contributed by atoms with E-state index in [1.165, 1.54) is 10.5 Å². The van der Waals surface area contributed by atoms with Crippen molar-refractivity contribution < 1.29 is 9.59 Å². The van der Waals surface area contributed by atoms with Gasteiger partial charge in [-0.1, -0.05) is 60.7 Å². The van der Waals surface area contributed by atoms with Crippen molar-refractivity contribution in [2.24, 2.45) is 0 Å². The third-order valence-electron chi connectivity index (χ3n) is 6.72. The van der Waals surface area contributed by atoms with Crippen molar-refractivity contribution in [1.82, 2.24) is 25.0 Å². The summed E-state index contributed by atoms with van der Waals surface area (Å²) in [6.07, 6.45) is 4.05. The average molecular weight is 456 g/mol. The number of rotatable bonds is 7. The number of carbonyl (C=O) groups is 2. The molecule has 3 amide bonds. The van der Waals surface area contributed by atoms with E-state index in [0.717, 1.165) is 43.9 Å². The predicted octanol–water partition coefficient (Wildman–Crippen LogP) is 2.85. The van der Waals surface area contributed by atoms with E-state index in [9.17, 15) is 9.59 Å². The number of pyridine rings is 1. The number of benzene rings is 2. The van der Waals surface area contributed by atoms with Crippen molar-refractivity contribution in [2.45, 2.75) is 18.5 Å². The van der Waals surface area contributed by atoms with Crippen LogP contribution in [0.25, 0.3) is 0 Å². The lowest BCUT2D eigenvalue weighted by Gasteiger charge is -2.36. The van der Waals surface area contributed by atoms with Crippen LogP contribution in [0.15, 0.2) is 85.2 Å². The number of hydrogen-bond acceptors (Lipinski definition) is 5. The Kier molecular flexibility index (Phi) is 6.38. The van der Waals surface area contributed by atoms with Gasteiger partial charge in [-0.15, -0.1) is 0 Å². The molecule has 34 heavy (non-hydrogen) atoms. The minimum atomic E-state index is -1.09. The highest BCUT2D eigenvalue weighted by Crippen LogP contribution is 2.33. The summed E-state index contributed by atoms with van der Waals surface area (Å²) < 4.78 is 0. The molecule has 0 saturated carbocycles. The van der Waals surface area contributed by atoms with Crippen LogP contribution < -0.4 is 5.32 Å². The monoisotopic (exact) mass is 455 g/mol. The van der Waals surface area contributed by atoms with E-state index in [4.69, 9.17) is 0 Å². The lowest BCUT2D eigenvalue weighted by atomic mass is 9.83. The molecule has 0 radical (unpaired) electrons. The summed E-state index contributed by atoms with van der Waals surface area (Å²) >= 11 is 0. The maximum atomic E-state index is 13.8. The zero-order valence-corrected chi connectivity index (χ0v) is 19.1. The van der Waals surface area contributed by atoms with E-state index < -0.39 is 5.54 Å². The van der Waals surface area contributed by atoms with Crippen molar-refractivity contribution in [3.05, 3.63) is 102 Å². The van der Waals surface area contributed by atoms with Crippen molar-refractivity contribution in [3.8, 4) is 0 Å². The summed E-state index contributed by atoms with van der Waals surface area (Å²) in [7, 11) is 0. The summed E-state index contributed by atoms with van der Waals surface area (Å²) in [5.74, 6) is -0.188. The van der Waals surface area contributed by atoms with E-state index >= 15 is 0 Å². The topological polar surface area (TPSA) is 68.8 Å². The third-order valence-corrected chi connectivity index (χ3v) is 6.72. The zero-order chi connectivity index (χ0) is 23.4. The molecule has 2 aromatic carbocycles. The smallest absolute Gasteiger partial charge is 0.319 e. The van der Waals surface area contributed by atoms with E-state index in [0.29, 0.717) is 13.1 Å². The van der Waals surface area contributed by atoms with Crippen molar-refractivity contribution in [1.29, 1.82) is 0 Å². The predicted molar refractivity (Wildman–Crippen MR) is 130 cm³/mol. The molecule has 7 heteroatoms. The first kappa shape index (κ1) is 22.3. The number of piperazine rings is 1. The minimum Gasteiger partial charge on any atom is -0.319 e. The largest absolute Gasteiger partial charge is 0.326 e. The van der Waals surface area contributed by atoms with E-state index in [-0.39, 0.29) is 11.9 Å². The Bertz CT molecular complexity index is 1120. The number of amides is 3. The number of hydrogen-bond donors (Lipinski definition) is 1. The Morgan fingerprint density at radius 3 is 2.06 bits per heavy atom. The van der Waals surface area contributed by atoms with Gasteiger partial charge in [0.25, 0.3) is 5.91 Å². The molecule has 0 spiro atoms. The molecule has 0 bridgehead atoms. The average Bonchev–Trinajstić information content (AvgIpc) is 3.12. The maximum absolute atomic E-state index is 13.8. The molecular formula is C27H29N5O2. The van der Waals surface area contributed by atoms with Gasteiger partial charge in [-0.2, -0.15) is 0 Å². The first-order chi connectivity index (χ1) is 16.6. The summed E-state index contributed by atoms with van der Waals surface area (Å²) in [6.45, 7) is 4.57. The molecule has 0 unspecified atom stereocenters. The normalized spacial score (nSPS) is 21.6. The van der Waals surface area contributed by atoms with E-state index in [1.54, 1.807) is 0 Å². The molecule has 1 aromatic heterocycles. The van der Waals surface area contributed by atoms with Gasteiger partial charge in [0.15, 0.2) is 5.54 Å². The molecule has 2 saturated heterocycles. The standard InChI is InChI=1S/C27H29N5O2/c33-25-27(24-9-5-2-6-10-24,19-22-7-3-1-4-8-22)29-26(34)32(25)21-31-17-15-30(16-18-31)20-23-11-13-28-14-12-23/h1-14H,15-21H2,(H,29,34)/t27-/m0/s1. The first-order valence-electron chi connectivity index (χ1n) is 11.7. The fourth-order valence-electron chi connectivity index (χ4n) is 4.83. The van der Waals surface area contributed by atoms with Crippen LogP contribution >= 0.6 is 0 Å². The second kappa shape index (κ2) is 9.75. The molecule has 5 rings (SSSR count). The van der Waals surface area contributed by atoms with Crippen LogP contribution in [0.2, 0.25) is 0 Å². The maximum Gasteiger partial charge on any atom is 0.326 e. The van der Waals surface area contributed by atoms with Gasteiger partial charge in [-0.3, -0.25) is 19.6 Å². The number of aromatic nitrogens is 1. The molecule has 1 atom stereocenters. The Morgan fingerprint density at radius 2 is 1.38 bits per heavy atom. The van der Waals surface area contributed by atoms with Crippen LogP contribution in [0.5, 0.6) is 0 Å². The summed E-state index contributed by atoms with van der Waals surface area (Å²) in [5, 5.41) is 3.06. The van der Waals surface area contributed by atoms with Crippen LogP contribution in [0.1, 0.15) is 16.7 Å². The van der Waals surface area contributed by atoms with Gasteiger partial charge in [0, 0.05) is 51.5 Å². The lowest BCUT2D eigenvalue weighted by molar-refractivity contribution is -0.133. The Labute approximate surface area is 200 Å². The van der Waals surface area contributed by atoms with Gasteiger partial charge in [0.1, 0.15) is 0 Å². The lowest BCUT2D eigenvalue weighted by Crippen LogP contribution is -2.51. The first-order valence-corrected chi connectivity index (χ1v) is 11.7. The van der Waals surface area contributed by atoms with E-state index in [1.807, 2.05) is 85.2 Å². The molecule has 3 aromatic rings. The summed E-state index contributed by atoms with van der Waals surface area (Å²) in [5.41, 5.74) is 1.96. The summed E-state index contributed by atoms with van der Waals surface area (Å²) in [4.78, 5) is 37.0. The molecule has 0 aliphatic carbocycles. The molecule has 1 N–H and O–H groups in total. The van der Waals surface area contributed by atoms with Crippen molar-refractivity contribution >= 4 is 11.9 Å². The highest BCUT2D eigenvalue weighted by molar-refractivity contribution is 6.07. The minimum absolute atomic E-state index is 0.188. The van der Waals surface area contributed by atoms with E-state index in [2.05, 4.69) is 20.1 Å².